The summed E-state index contributed by atoms with van der Waals surface area (Å²) >= 11 is 0. The third kappa shape index (κ3) is 6.30. The number of anilines is 1. The van der Waals surface area contributed by atoms with Gasteiger partial charge in [-0.1, -0.05) is 0 Å². The number of hydrogen-bond donors (Lipinski definition) is 1. The zero-order valence-corrected chi connectivity index (χ0v) is 15.9. The fourth-order valence-electron chi connectivity index (χ4n) is 3.59. The summed E-state index contributed by atoms with van der Waals surface area (Å²) in [6.45, 7) is 5.01. The van der Waals surface area contributed by atoms with Gasteiger partial charge in [-0.15, -0.1) is 0 Å². The SMILES string of the molecule is OC(COCC1CCCO1)CN1CCCN(c2ccc(C(F)(F)F)cn2)CC1. The van der Waals surface area contributed by atoms with E-state index in [2.05, 4.69) is 9.88 Å². The van der Waals surface area contributed by atoms with Gasteiger partial charge in [0.05, 0.1) is 31.0 Å². The van der Waals surface area contributed by atoms with Crippen molar-refractivity contribution in [3.8, 4) is 0 Å². The van der Waals surface area contributed by atoms with Crippen molar-refractivity contribution in [3.05, 3.63) is 23.9 Å². The molecule has 1 aromatic rings. The number of nitrogens with zero attached hydrogens (tertiary/aromatic N) is 3. The first kappa shape index (κ1) is 21.3. The predicted molar refractivity (Wildman–Crippen MR) is 98.3 cm³/mol. The van der Waals surface area contributed by atoms with Crippen molar-refractivity contribution in [1.82, 2.24) is 9.88 Å². The predicted octanol–water partition coefficient (Wildman–Crippen LogP) is 2.17. The molecule has 28 heavy (non-hydrogen) atoms. The first-order valence-electron chi connectivity index (χ1n) is 9.80. The fraction of sp³-hybridized carbons (Fsp3) is 0.737. The summed E-state index contributed by atoms with van der Waals surface area (Å²) in [6.07, 6.45) is -0.986. The Bertz CT molecular complexity index is 594. The molecule has 2 atom stereocenters. The van der Waals surface area contributed by atoms with Crippen LogP contribution in [0.5, 0.6) is 0 Å². The summed E-state index contributed by atoms with van der Waals surface area (Å²) in [6, 6.07) is 2.49. The maximum Gasteiger partial charge on any atom is 0.417 e. The highest BCUT2D eigenvalue weighted by atomic mass is 19.4. The minimum absolute atomic E-state index is 0.148. The van der Waals surface area contributed by atoms with Crippen LogP contribution in [0.3, 0.4) is 0 Å². The lowest BCUT2D eigenvalue weighted by Crippen LogP contribution is -2.38. The number of halogens is 3. The van der Waals surface area contributed by atoms with Crippen molar-refractivity contribution >= 4 is 5.82 Å². The number of aliphatic hydroxyl groups is 1. The van der Waals surface area contributed by atoms with Gasteiger partial charge in [-0.25, -0.2) is 4.98 Å². The van der Waals surface area contributed by atoms with Crippen LogP contribution in [-0.4, -0.2) is 79.7 Å². The first-order chi connectivity index (χ1) is 13.4. The van der Waals surface area contributed by atoms with Gasteiger partial charge in [-0.05, 0) is 37.9 Å². The number of pyridine rings is 1. The number of alkyl halides is 3. The number of aliphatic hydroxyl groups excluding tert-OH is 1. The molecule has 1 aromatic heterocycles. The van der Waals surface area contributed by atoms with Crippen LogP contribution in [0.25, 0.3) is 0 Å². The number of rotatable bonds is 7. The molecule has 2 saturated heterocycles. The normalized spacial score (nSPS) is 23.0. The van der Waals surface area contributed by atoms with E-state index in [9.17, 15) is 18.3 Å². The molecule has 2 fully saturated rings. The molecule has 0 spiro atoms. The minimum Gasteiger partial charge on any atom is -0.389 e. The molecule has 0 amide bonds. The van der Waals surface area contributed by atoms with E-state index in [1.54, 1.807) is 0 Å². The Morgan fingerprint density at radius 1 is 1.21 bits per heavy atom. The van der Waals surface area contributed by atoms with E-state index in [4.69, 9.17) is 9.47 Å². The molecule has 158 valence electrons. The molecule has 0 bridgehead atoms. The molecular weight excluding hydrogens is 375 g/mol. The average molecular weight is 403 g/mol. The second kappa shape index (κ2) is 9.87. The van der Waals surface area contributed by atoms with Crippen molar-refractivity contribution in [2.24, 2.45) is 0 Å². The molecule has 0 saturated carbocycles. The summed E-state index contributed by atoms with van der Waals surface area (Å²) in [4.78, 5) is 8.12. The summed E-state index contributed by atoms with van der Waals surface area (Å²) in [5, 5.41) is 10.2. The Labute approximate surface area is 163 Å². The van der Waals surface area contributed by atoms with Crippen LogP contribution in [-0.2, 0) is 15.7 Å². The number of ether oxygens (including phenoxy) is 2. The molecule has 0 aromatic carbocycles. The van der Waals surface area contributed by atoms with Gasteiger partial charge in [-0.3, -0.25) is 4.90 Å². The third-order valence-electron chi connectivity index (χ3n) is 5.09. The molecule has 2 aliphatic rings. The second-order valence-corrected chi connectivity index (χ2v) is 7.37. The van der Waals surface area contributed by atoms with Crippen LogP contribution in [0.2, 0.25) is 0 Å². The number of β-amino-alcohol motifs (C(OH)–C–C–N with tert-alkyl or cyclic N) is 1. The lowest BCUT2D eigenvalue weighted by Gasteiger charge is -2.24. The fourth-order valence-corrected chi connectivity index (χ4v) is 3.59. The Morgan fingerprint density at radius 2 is 2.07 bits per heavy atom. The molecule has 0 aliphatic carbocycles. The van der Waals surface area contributed by atoms with Crippen LogP contribution in [0.4, 0.5) is 19.0 Å². The van der Waals surface area contributed by atoms with Gasteiger partial charge in [0.25, 0.3) is 0 Å². The molecule has 1 N–H and O–H groups in total. The van der Waals surface area contributed by atoms with E-state index in [0.29, 0.717) is 32.1 Å². The summed E-state index contributed by atoms with van der Waals surface area (Å²) in [5.41, 5.74) is -0.737. The van der Waals surface area contributed by atoms with E-state index in [-0.39, 0.29) is 12.7 Å². The van der Waals surface area contributed by atoms with Gasteiger partial charge < -0.3 is 19.5 Å². The van der Waals surface area contributed by atoms with Crippen molar-refractivity contribution < 1.29 is 27.8 Å². The first-order valence-corrected chi connectivity index (χ1v) is 9.80. The maximum atomic E-state index is 12.7. The maximum absolute atomic E-state index is 12.7. The van der Waals surface area contributed by atoms with E-state index in [1.165, 1.54) is 6.07 Å². The van der Waals surface area contributed by atoms with Crippen LogP contribution < -0.4 is 4.90 Å². The molecular formula is C19H28F3N3O3. The van der Waals surface area contributed by atoms with Crippen molar-refractivity contribution in [2.45, 2.75) is 37.6 Å². The average Bonchev–Trinajstić information content (AvgIpc) is 3.06. The highest BCUT2D eigenvalue weighted by molar-refractivity contribution is 5.40. The zero-order valence-electron chi connectivity index (χ0n) is 15.9. The molecule has 3 rings (SSSR count). The second-order valence-electron chi connectivity index (χ2n) is 7.37. The largest absolute Gasteiger partial charge is 0.417 e. The minimum atomic E-state index is -4.37. The Hall–Kier alpha value is -1.42. The monoisotopic (exact) mass is 403 g/mol. The molecule has 3 heterocycles. The molecule has 9 heteroatoms. The van der Waals surface area contributed by atoms with Gasteiger partial charge in [0, 0.05) is 39.0 Å². The van der Waals surface area contributed by atoms with Crippen LogP contribution in [0, 0.1) is 0 Å². The van der Waals surface area contributed by atoms with Gasteiger partial charge in [0.2, 0.25) is 0 Å². The Kier molecular flexibility index (Phi) is 7.50. The lowest BCUT2D eigenvalue weighted by atomic mass is 10.2. The highest BCUT2D eigenvalue weighted by Gasteiger charge is 2.31. The van der Waals surface area contributed by atoms with Crippen LogP contribution in [0.1, 0.15) is 24.8 Å². The van der Waals surface area contributed by atoms with E-state index >= 15 is 0 Å². The van der Waals surface area contributed by atoms with Gasteiger partial charge in [-0.2, -0.15) is 13.2 Å². The zero-order chi connectivity index (χ0) is 20.0. The summed E-state index contributed by atoms with van der Waals surface area (Å²) < 4.78 is 49.1. The van der Waals surface area contributed by atoms with Gasteiger partial charge in [0.1, 0.15) is 5.82 Å². The van der Waals surface area contributed by atoms with Crippen molar-refractivity contribution in [2.75, 3.05) is 57.4 Å². The quantitative estimate of drug-likeness (QED) is 0.753. The third-order valence-corrected chi connectivity index (χ3v) is 5.09. The summed E-state index contributed by atoms with van der Waals surface area (Å²) in [7, 11) is 0. The van der Waals surface area contributed by atoms with Crippen molar-refractivity contribution in [3.63, 3.8) is 0 Å². The Morgan fingerprint density at radius 3 is 2.75 bits per heavy atom. The summed E-state index contributed by atoms with van der Waals surface area (Å²) in [5.74, 6) is 0.551. The van der Waals surface area contributed by atoms with Gasteiger partial charge >= 0.3 is 6.18 Å². The molecule has 2 aliphatic heterocycles. The topological polar surface area (TPSA) is 58.1 Å². The highest BCUT2D eigenvalue weighted by Crippen LogP contribution is 2.29. The lowest BCUT2D eigenvalue weighted by molar-refractivity contribution is -0.137. The van der Waals surface area contributed by atoms with E-state index in [1.807, 2.05) is 4.90 Å². The standard InChI is InChI=1S/C19H28F3N3O3/c20-19(21,22)15-4-5-18(23-11-15)25-7-2-6-24(8-9-25)12-16(26)13-27-14-17-3-1-10-28-17/h4-5,11,16-17,26H,1-3,6-10,12-14H2. The molecule has 0 radical (unpaired) electrons. The van der Waals surface area contributed by atoms with Crippen molar-refractivity contribution in [1.29, 1.82) is 0 Å². The van der Waals surface area contributed by atoms with E-state index < -0.39 is 17.8 Å². The van der Waals surface area contributed by atoms with Crippen LogP contribution >= 0.6 is 0 Å². The number of hydrogen-bond acceptors (Lipinski definition) is 6. The molecule has 6 nitrogen and oxygen atoms in total. The van der Waals surface area contributed by atoms with Crippen LogP contribution in [0.15, 0.2) is 18.3 Å². The Balaban J connectivity index is 1.41. The van der Waals surface area contributed by atoms with E-state index in [0.717, 1.165) is 51.2 Å². The smallest absolute Gasteiger partial charge is 0.389 e. The number of aromatic nitrogens is 1. The van der Waals surface area contributed by atoms with Gasteiger partial charge in [0.15, 0.2) is 0 Å². The molecule has 2 unspecified atom stereocenters.